The van der Waals surface area contributed by atoms with Crippen LogP contribution in [0.5, 0.6) is 0 Å². The number of anilines is 1. The molecule has 0 bridgehead atoms. The Morgan fingerprint density at radius 2 is 1.74 bits per heavy atom. The Bertz CT molecular complexity index is 757. The summed E-state index contributed by atoms with van der Waals surface area (Å²) in [6.45, 7) is 2.28. The Kier molecular flexibility index (Phi) is 3.78. The lowest BCUT2D eigenvalue weighted by Crippen LogP contribution is -2.23. The van der Waals surface area contributed by atoms with Gasteiger partial charge in [-0.3, -0.25) is 0 Å². The van der Waals surface area contributed by atoms with Crippen molar-refractivity contribution in [2.45, 2.75) is 12.8 Å². The summed E-state index contributed by atoms with van der Waals surface area (Å²) < 4.78 is 7.74. The van der Waals surface area contributed by atoms with Gasteiger partial charge >= 0.3 is 0 Å². The number of nitrogens with zero attached hydrogens (tertiary/aromatic N) is 4. The molecular weight excluding hydrogens is 288 g/mol. The SMILES string of the molecule is c1ccc(Cn2cc([C@H]3OCCN3c3ccccc3)nn2)cc1. The first-order valence-corrected chi connectivity index (χ1v) is 7.77. The van der Waals surface area contributed by atoms with Crippen molar-refractivity contribution in [2.24, 2.45) is 0 Å². The van der Waals surface area contributed by atoms with Gasteiger partial charge < -0.3 is 9.64 Å². The highest BCUT2D eigenvalue weighted by Crippen LogP contribution is 2.30. The molecule has 1 aliphatic rings. The van der Waals surface area contributed by atoms with Crippen LogP contribution in [-0.4, -0.2) is 28.1 Å². The van der Waals surface area contributed by atoms with Gasteiger partial charge in [0, 0.05) is 12.2 Å². The van der Waals surface area contributed by atoms with Gasteiger partial charge in [-0.15, -0.1) is 5.10 Å². The van der Waals surface area contributed by atoms with Gasteiger partial charge in [-0.25, -0.2) is 4.68 Å². The fraction of sp³-hybridized carbons (Fsp3) is 0.222. The third-order valence-electron chi connectivity index (χ3n) is 3.98. The van der Waals surface area contributed by atoms with E-state index in [0.29, 0.717) is 13.2 Å². The molecule has 1 aromatic heterocycles. The number of rotatable bonds is 4. The molecule has 2 aromatic carbocycles. The van der Waals surface area contributed by atoms with Crippen LogP contribution in [0.2, 0.25) is 0 Å². The van der Waals surface area contributed by atoms with Crippen molar-refractivity contribution in [1.29, 1.82) is 0 Å². The van der Waals surface area contributed by atoms with Crippen LogP contribution in [0.25, 0.3) is 0 Å². The number of para-hydroxylation sites is 1. The van der Waals surface area contributed by atoms with E-state index in [0.717, 1.165) is 17.9 Å². The summed E-state index contributed by atoms with van der Waals surface area (Å²) >= 11 is 0. The molecule has 1 atom stereocenters. The molecule has 0 amide bonds. The molecule has 0 saturated carbocycles. The monoisotopic (exact) mass is 306 g/mol. The van der Waals surface area contributed by atoms with E-state index in [4.69, 9.17) is 4.74 Å². The van der Waals surface area contributed by atoms with Crippen molar-refractivity contribution in [3.8, 4) is 0 Å². The third-order valence-corrected chi connectivity index (χ3v) is 3.98. The Hall–Kier alpha value is -2.66. The average molecular weight is 306 g/mol. The molecule has 0 N–H and O–H groups in total. The van der Waals surface area contributed by atoms with E-state index in [-0.39, 0.29) is 6.23 Å². The second-order valence-electron chi connectivity index (χ2n) is 5.58. The van der Waals surface area contributed by atoms with E-state index in [1.54, 1.807) is 0 Å². The lowest BCUT2D eigenvalue weighted by molar-refractivity contribution is 0.110. The lowest BCUT2D eigenvalue weighted by atomic mass is 10.2. The van der Waals surface area contributed by atoms with Gasteiger partial charge in [0.05, 0.1) is 19.3 Å². The molecule has 0 radical (unpaired) electrons. The summed E-state index contributed by atoms with van der Waals surface area (Å²) in [4.78, 5) is 2.22. The van der Waals surface area contributed by atoms with E-state index >= 15 is 0 Å². The first kappa shape index (κ1) is 14.0. The molecule has 2 heterocycles. The summed E-state index contributed by atoms with van der Waals surface area (Å²) in [5.41, 5.74) is 3.20. The van der Waals surface area contributed by atoms with Crippen molar-refractivity contribution in [1.82, 2.24) is 15.0 Å². The van der Waals surface area contributed by atoms with Gasteiger partial charge in [0.1, 0.15) is 5.69 Å². The standard InChI is InChI=1S/C18H18N4O/c1-3-7-15(8-4-1)13-21-14-17(19-20-21)18-22(11-12-23-18)16-9-5-2-6-10-16/h1-10,14,18H,11-13H2/t18-/m1/s1. The minimum atomic E-state index is -0.165. The molecule has 5 heteroatoms. The van der Waals surface area contributed by atoms with E-state index in [1.807, 2.05) is 47.3 Å². The van der Waals surface area contributed by atoms with Crippen molar-refractivity contribution in [3.05, 3.63) is 78.1 Å². The van der Waals surface area contributed by atoms with Crippen molar-refractivity contribution in [2.75, 3.05) is 18.1 Å². The van der Waals surface area contributed by atoms with Gasteiger partial charge in [0.25, 0.3) is 0 Å². The molecule has 1 aliphatic heterocycles. The molecule has 5 nitrogen and oxygen atoms in total. The van der Waals surface area contributed by atoms with Crippen LogP contribution in [-0.2, 0) is 11.3 Å². The second kappa shape index (κ2) is 6.22. The summed E-state index contributed by atoms with van der Waals surface area (Å²) in [5, 5.41) is 8.56. The summed E-state index contributed by atoms with van der Waals surface area (Å²) in [6.07, 6.45) is 1.81. The van der Waals surface area contributed by atoms with Crippen LogP contribution < -0.4 is 4.90 Å². The lowest BCUT2D eigenvalue weighted by Gasteiger charge is -2.23. The van der Waals surface area contributed by atoms with Crippen LogP contribution in [0, 0.1) is 0 Å². The van der Waals surface area contributed by atoms with Gasteiger partial charge in [-0.2, -0.15) is 0 Å². The van der Waals surface area contributed by atoms with Crippen LogP contribution in [0.1, 0.15) is 17.5 Å². The minimum absolute atomic E-state index is 0.165. The molecule has 23 heavy (non-hydrogen) atoms. The van der Waals surface area contributed by atoms with Crippen LogP contribution in [0.15, 0.2) is 66.9 Å². The maximum atomic E-state index is 5.88. The Balaban J connectivity index is 1.54. The van der Waals surface area contributed by atoms with Crippen LogP contribution in [0.4, 0.5) is 5.69 Å². The topological polar surface area (TPSA) is 43.2 Å². The van der Waals surface area contributed by atoms with Gasteiger partial charge in [0.2, 0.25) is 0 Å². The average Bonchev–Trinajstić information content (AvgIpc) is 3.25. The minimum Gasteiger partial charge on any atom is -0.350 e. The molecule has 0 aliphatic carbocycles. The normalized spacial score (nSPS) is 17.6. The zero-order chi connectivity index (χ0) is 15.5. The molecule has 0 unspecified atom stereocenters. The predicted molar refractivity (Wildman–Crippen MR) is 88.0 cm³/mol. The Morgan fingerprint density at radius 3 is 2.52 bits per heavy atom. The van der Waals surface area contributed by atoms with E-state index in [9.17, 15) is 0 Å². The van der Waals surface area contributed by atoms with E-state index in [1.165, 1.54) is 5.56 Å². The zero-order valence-electron chi connectivity index (χ0n) is 12.7. The summed E-state index contributed by atoms with van der Waals surface area (Å²) in [5.74, 6) is 0. The Morgan fingerprint density at radius 1 is 1.00 bits per heavy atom. The van der Waals surface area contributed by atoms with Gasteiger partial charge in [0.15, 0.2) is 6.23 Å². The van der Waals surface area contributed by atoms with E-state index < -0.39 is 0 Å². The predicted octanol–water partition coefficient (Wildman–Crippen LogP) is 2.86. The highest BCUT2D eigenvalue weighted by Gasteiger charge is 2.29. The largest absolute Gasteiger partial charge is 0.350 e. The number of hydrogen-bond acceptors (Lipinski definition) is 4. The summed E-state index contributed by atoms with van der Waals surface area (Å²) in [6, 6.07) is 20.5. The van der Waals surface area contributed by atoms with E-state index in [2.05, 4.69) is 39.5 Å². The number of hydrogen-bond donors (Lipinski definition) is 0. The molecule has 1 saturated heterocycles. The number of benzene rings is 2. The molecule has 0 spiro atoms. The second-order valence-corrected chi connectivity index (χ2v) is 5.58. The quantitative estimate of drug-likeness (QED) is 0.743. The maximum absolute atomic E-state index is 5.88. The maximum Gasteiger partial charge on any atom is 0.177 e. The van der Waals surface area contributed by atoms with Crippen LogP contribution >= 0.6 is 0 Å². The van der Waals surface area contributed by atoms with Crippen molar-refractivity contribution >= 4 is 5.69 Å². The first-order chi connectivity index (χ1) is 11.4. The number of aromatic nitrogens is 3. The van der Waals surface area contributed by atoms with Crippen molar-refractivity contribution in [3.63, 3.8) is 0 Å². The number of ether oxygens (including phenoxy) is 1. The fourth-order valence-electron chi connectivity index (χ4n) is 2.87. The molecule has 3 aromatic rings. The van der Waals surface area contributed by atoms with Gasteiger partial charge in [-0.1, -0.05) is 53.7 Å². The zero-order valence-corrected chi connectivity index (χ0v) is 12.7. The third kappa shape index (κ3) is 2.96. The molecule has 4 rings (SSSR count). The summed E-state index contributed by atoms with van der Waals surface area (Å²) in [7, 11) is 0. The molecular formula is C18H18N4O. The first-order valence-electron chi connectivity index (χ1n) is 7.77. The smallest absolute Gasteiger partial charge is 0.177 e. The molecule has 116 valence electrons. The van der Waals surface area contributed by atoms with Crippen LogP contribution in [0.3, 0.4) is 0 Å². The Labute approximate surface area is 135 Å². The highest BCUT2D eigenvalue weighted by molar-refractivity contribution is 5.48. The molecule has 1 fully saturated rings. The van der Waals surface area contributed by atoms with Gasteiger partial charge in [-0.05, 0) is 17.7 Å². The highest BCUT2D eigenvalue weighted by atomic mass is 16.5. The van der Waals surface area contributed by atoms with Crippen molar-refractivity contribution < 1.29 is 4.74 Å². The fourth-order valence-corrected chi connectivity index (χ4v) is 2.87.